The van der Waals surface area contributed by atoms with Gasteiger partial charge in [0, 0.05) is 0 Å². The van der Waals surface area contributed by atoms with Gasteiger partial charge < -0.3 is 0 Å². The predicted octanol–water partition coefficient (Wildman–Crippen LogP) is 2.31. The van der Waals surface area contributed by atoms with E-state index in [9.17, 15) is 18.0 Å². The van der Waals surface area contributed by atoms with Crippen molar-refractivity contribution in [3.63, 3.8) is 0 Å². The van der Waals surface area contributed by atoms with Crippen molar-refractivity contribution in [2.75, 3.05) is 30.0 Å². The van der Waals surface area contributed by atoms with Crippen LogP contribution in [0.25, 0.3) is 0 Å². The SMILES string of the molecule is COC(=O)c1cc([I-]N2c3ccc(C(F)(F)F)cc3CC[C@@H]2C)ccc1OCC1CCOCC1. The quantitative estimate of drug-likeness (QED) is 0.294. The van der Waals surface area contributed by atoms with Gasteiger partial charge in [0.2, 0.25) is 0 Å². The number of rotatable bonds is 6. The number of benzene rings is 2. The van der Waals surface area contributed by atoms with Crippen molar-refractivity contribution >= 4 is 11.7 Å². The average Bonchev–Trinajstić information content (AvgIpc) is 2.84. The van der Waals surface area contributed by atoms with Crippen LogP contribution in [0.2, 0.25) is 0 Å². The van der Waals surface area contributed by atoms with Crippen LogP contribution < -0.4 is 29.3 Å². The van der Waals surface area contributed by atoms with Gasteiger partial charge in [0.15, 0.2) is 0 Å². The second-order valence-corrected chi connectivity index (χ2v) is 11.4. The molecule has 1 saturated heterocycles. The van der Waals surface area contributed by atoms with Gasteiger partial charge in [-0.25, -0.2) is 0 Å². The average molecular weight is 590 g/mol. The van der Waals surface area contributed by atoms with Gasteiger partial charge in [-0.15, -0.1) is 0 Å². The van der Waals surface area contributed by atoms with Gasteiger partial charge in [0.1, 0.15) is 0 Å². The fraction of sp³-hybridized carbons (Fsp3) is 0.480. The second kappa shape index (κ2) is 10.7. The summed E-state index contributed by atoms with van der Waals surface area (Å²) in [6.07, 6.45) is -1.09. The molecule has 34 heavy (non-hydrogen) atoms. The number of nitrogens with zero attached hydrogens (tertiary/aromatic N) is 1. The molecule has 0 aliphatic carbocycles. The van der Waals surface area contributed by atoms with Crippen LogP contribution in [0.4, 0.5) is 18.9 Å². The number of fused-ring (bicyclic) bond motifs is 1. The molecule has 0 bridgehead atoms. The van der Waals surface area contributed by atoms with Crippen LogP contribution >= 0.6 is 0 Å². The Bertz CT molecular complexity index is 1020. The van der Waals surface area contributed by atoms with Crippen molar-refractivity contribution < 1.29 is 53.7 Å². The summed E-state index contributed by atoms with van der Waals surface area (Å²) >= 11 is -0.773. The van der Waals surface area contributed by atoms with Gasteiger partial charge in [-0.1, -0.05) is 0 Å². The Balaban J connectivity index is 1.55. The van der Waals surface area contributed by atoms with Gasteiger partial charge in [0.25, 0.3) is 0 Å². The standard InChI is InChI=1S/C25H28F3INO4/c1-16-3-4-18-13-19(25(26,27)28)5-7-22(18)30(16)29-20-6-8-23(21(14-20)24(31)32-2)34-15-17-9-11-33-12-10-17/h5-8,13-14,16-17H,3-4,9-12,15H2,1-2H3/q-1/t16-/m0/s1. The molecular weight excluding hydrogens is 562 g/mol. The van der Waals surface area contributed by atoms with Gasteiger partial charge in [-0.05, 0) is 0 Å². The van der Waals surface area contributed by atoms with E-state index in [0.29, 0.717) is 30.3 Å². The minimum absolute atomic E-state index is 0.197. The topological polar surface area (TPSA) is 48.0 Å². The molecule has 0 unspecified atom stereocenters. The Morgan fingerprint density at radius 3 is 2.62 bits per heavy atom. The molecule has 2 aromatic carbocycles. The third-order valence-corrected chi connectivity index (χ3v) is 9.42. The monoisotopic (exact) mass is 590 g/mol. The summed E-state index contributed by atoms with van der Waals surface area (Å²) < 4.78 is 59.1. The number of hydrogen-bond acceptors (Lipinski definition) is 5. The van der Waals surface area contributed by atoms with E-state index in [1.807, 2.05) is 18.2 Å². The number of esters is 1. The first-order valence-electron chi connectivity index (χ1n) is 11.3. The van der Waals surface area contributed by atoms with Crippen LogP contribution in [0, 0.1) is 9.49 Å². The van der Waals surface area contributed by atoms with E-state index in [1.54, 1.807) is 6.07 Å². The Morgan fingerprint density at radius 2 is 1.91 bits per heavy atom. The molecule has 2 aromatic rings. The van der Waals surface area contributed by atoms with Crippen LogP contribution in [-0.4, -0.2) is 38.9 Å². The minimum atomic E-state index is -4.35. The number of alkyl halides is 3. The molecule has 1 atom stereocenters. The van der Waals surface area contributed by atoms with Gasteiger partial charge in [0.05, 0.1) is 0 Å². The molecule has 2 heterocycles. The Hall–Kier alpha value is -2.01. The summed E-state index contributed by atoms with van der Waals surface area (Å²) in [4.78, 5) is 12.5. The third kappa shape index (κ3) is 5.79. The summed E-state index contributed by atoms with van der Waals surface area (Å²) in [5.41, 5.74) is 1.33. The van der Waals surface area contributed by atoms with Crippen molar-refractivity contribution in [3.8, 4) is 5.75 Å². The first kappa shape index (κ1) is 25.1. The summed E-state index contributed by atoms with van der Waals surface area (Å²) in [5, 5.41) is 0. The van der Waals surface area contributed by atoms with Crippen molar-refractivity contribution in [1.82, 2.24) is 0 Å². The van der Waals surface area contributed by atoms with E-state index in [-0.39, 0.29) is 6.04 Å². The van der Waals surface area contributed by atoms with E-state index in [2.05, 4.69) is 10.0 Å². The number of aryl methyl sites for hydroxylation is 1. The molecule has 5 nitrogen and oxygen atoms in total. The zero-order valence-corrected chi connectivity index (χ0v) is 21.3. The third-order valence-electron chi connectivity index (χ3n) is 6.21. The van der Waals surface area contributed by atoms with E-state index < -0.39 is 39.2 Å². The Kier molecular flexibility index (Phi) is 7.91. The van der Waals surface area contributed by atoms with Crippen LogP contribution in [0.5, 0.6) is 5.75 Å². The maximum atomic E-state index is 13.2. The van der Waals surface area contributed by atoms with Crippen molar-refractivity contribution in [2.24, 2.45) is 5.92 Å². The van der Waals surface area contributed by atoms with E-state index >= 15 is 0 Å². The molecule has 0 amide bonds. The summed E-state index contributed by atoms with van der Waals surface area (Å²) in [6.45, 7) is 4.05. The van der Waals surface area contributed by atoms with Crippen LogP contribution in [0.15, 0.2) is 36.4 Å². The van der Waals surface area contributed by atoms with Crippen molar-refractivity contribution in [3.05, 3.63) is 56.7 Å². The van der Waals surface area contributed by atoms with Gasteiger partial charge in [-0.2, -0.15) is 0 Å². The Morgan fingerprint density at radius 1 is 1.15 bits per heavy atom. The molecule has 0 aromatic heterocycles. The number of anilines is 1. The number of carbonyl (C=O) groups excluding carboxylic acids is 1. The fourth-order valence-electron chi connectivity index (χ4n) is 4.19. The first-order valence-corrected chi connectivity index (χ1v) is 13.4. The van der Waals surface area contributed by atoms with E-state index in [4.69, 9.17) is 14.2 Å². The normalized spacial score (nSPS) is 19.1. The Labute approximate surface area is 208 Å². The van der Waals surface area contributed by atoms with E-state index in [0.717, 1.165) is 53.4 Å². The molecule has 4 rings (SSSR count). The second-order valence-electron chi connectivity index (χ2n) is 8.62. The molecule has 2 aliphatic rings. The number of hydrogen-bond donors (Lipinski definition) is 0. The van der Waals surface area contributed by atoms with Gasteiger partial charge in [-0.3, -0.25) is 0 Å². The van der Waals surface area contributed by atoms with Gasteiger partial charge >= 0.3 is 209 Å². The number of ether oxygens (including phenoxy) is 3. The molecule has 0 N–H and O–H groups in total. The fourth-order valence-corrected chi connectivity index (χ4v) is 7.07. The van der Waals surface area contributed by atoms with Crippen molar-refractivity contribution in [1.29, 1.82) is 0 Å². The first-order chi connectivity index (χ1) is 16.3. The summed E-state index contributed by atoms with van der Waals surface area (Å²) in [5.74, 6) is 0.418. The molecule has 186 valence electrons. The molecule has 0 radical (unpaired) electrons. The molecule has 9 heteroatoms. The maximum absolute atomic E-state index is 13.2. The molecule has 0 spiro atoms. The van der Waals surface area contributed by atoms with Crippen LogP contribution in [0.1, 0.15) is 47.7 Å². The van der Waals surface area contributed by atoms with Crippen LogP contribution in [-0.2, 0) is 22.1 Å². The number of carbonyl (C=O) groups is 1. The molecule has 0 saturated carbocycles. The summed E-state index contributed by atoms with van der Waals surface area (Å²) in [7, 11) is 1.34. The number of halogens is 4. The van der Waals surface area contributed by atoms with Crippen LogP contribution in [0.3, 0.4) is 0 Å². The molecular formula is C25H28F3INO4-. The zero-order chi connectivity index (χ0) is 24.3. The van der Waals surface area contributed by atoms with Crippen molar-refractivity contribution in [2.45, 2.75) is 44.8 Å². The zero-order valence-electron chi connectivity index (χ0n) is 19.2. The molecule has 1 fully saturated rings. The van der Waals surface area contributed by atoms with E-state index in [1.165, 1.54) is 13.2 Å². The predicted molar refractivity (Wildman–Crippen MR) is 117 cm³/mol. The molecule has 2 aliphatic heterocycles. The number of methoxy groups -OCH3 is 1. The summed E-state index contributed by atoms with van der Waals surface area (Å²) in [6, 6.07) is 9.77.